The molecular weight excluding hydrogens is 543 g/mol. The Morgan fingerprint density at radius 3 is 2.32 bits per heavy atom. The summed E-state index contributed by atoms with van der Waals surface area (Å²) in [4.78, 5) is 41.5. The third kappa shape index (κ3) is 8.26. The van der Waals surface area contributed by atoms with Gasteiger partial charge in [0.1, 0.15) is 11.9 Å². The Morgan fingerprint density at radius 1 is 1.10 bits per heavy atom. The van der Waals surface area contributed by atoms with Gasteiger partial charge in [-0.05, 0) is 63.2 Å². The van der Waals surface area contributed by atoms with Crippen LogP contribution in [0.3, 0.4) is 0 Å². The lowest BCUT2D eigenvalue weighted by Gasteiger charge is -2.38. The Hall–Kier alpha value is -4.00. The first-order valence-corrected chi connectivity index (χ1v) is 13.2. The van der Waals surface area contributed by atoms with Gasteiger partial charge in [0.05, 0.1) is 30.3 Å². The number of anilines is 2. The van der Waals surface area contributed by atoms with Crippen LogP contribution in [-0.4, -0.2) is 77.8 Å². The molecule has 3 rings (SSSR count). The van der Waals surface area contributed by atoms with Gasteiger partial charge in [0.15, 0.2) is 0 Å². The lowest BCUT2D eigenvalue weighted by Crippen LogP contribution is -2.50. The molecular formula is C28H36F3N5O5. The smallest absolute Gasteiger partial charge is 0.416 e. The number of aliphatic hydroxyl groups is 1. The molecule has 2 aromatic carbocycles. The van der Waals surface area contributed by atoms with Gasteiger partial charge in [0, 0.05) is 36.9 Å². The summed E-state index contributed by atoms with van der Waals surface area (Å²) >= 11 is 0. The van der Waals surface area contributed by atoms with E-state index >= 15 is 0 Å². The molecule has 0 fully saturated rings. The molecule has 0 radical (unpaired) electrons. The second kappa shape index (κ2) is 13.1. The fourth-order valence-electron chi connectivity index (χ4n) is 4.26. The third-order valence-electron chi connectivity index (χ3n) is 6.61. The average Bonchev–Trinajstić information content (AvgIpc) is 2.89. The topological polar surface area (TPSA) is 123 Å². The fraction of sp³-hybridized carbons (Fsp3) is 0.464. The van der Waals surface area contributed by atoms with Gasteiger partial charge in [-0.3, -0.25) is 4.79 Å². The molecule has 3 atom stereocenters. The number of urea groups is 2. The van der Waals surface area contributed by atoms with E-state index in [1.54, 1.807) is 19.1 Å². The van der Waals surface area contributed by atoms with Gasteiger partial charge in [-0.25, -0.2) is 9.59 Å². The van der Waals surface area contributed by atoms with Gasteiger partial charge in [-0.15, -0.1) is 0 Å². The number of carbonyl (C=O) groups is 3. The average molecular weight is 580 g/mol. The van der Waals surface area contributed by atoms with Crippen LogP contribution in [0.25, 0.3) is 0 Å². The molecule has 41 heavy (non-hydrogen) atoms. The van der Waals surface area contributed by atoms with Crippen molar-refractivity contribution >= 4 is 29.3 Å². The minimum absolute atomic E-state index is 0.0827. The van der Waals surface area contributed by atoms with Crippen LogP contribution in [0.1, 0.15) is 43.6 Å². The molecule has 4 N–H and O–H groups in total. The van der Waals surface area contributed by atoms with Crippen molar-refractivity contribution < 1.29 is 37.4 Å². The number of carbonyl (C=O) groups excluding carboxylic acids is 3. The maximum Gasteiger partial charge on any atom is 0.416 e. The van der Waals surface area contributed by atoms with E-state index in [1.807, 2.05) is 20.8 Å². The first-order chi connectivity index (χ1) is 19.2. The van der Waals surface area contributed by atoms with E-state index in [2.05, 4.69) is 16.0 Å². The van der Waals surface area contributed by atoms with E-state index in [4.69, 9.17) is 4.74 Å². The van der Waals surface area contributed by atoms with Gasteiger partial charge < -0.3 is 35.6 Å². The van der Waals surface area contributed by atoms with E-state index in [1.165, 1.54) is 35.0 Å². The molecule has 1 heterocycles. The molecule has 1 aliphatic rings. The number of fused-ring (bicyclic) bond motifs is 1. The molecule has 10 nitrogen and oxygen atoms in total. The zero-order valence-corrected chi connectivity index (χ0v) is 23.6. The summed E-state index contributed by atoms with van der Waals surface area (Å²) in [6.07, 6.45) is -5.08. The van der Waals surface area contributed by atoms with Gasteiger partial charge in [-0.1, -0.05) is 6.92 Å². The van der Waals surface area contributed by atoms with Crippen LogP contribution >= 0.6 is 0 Å². The molecule has 2 aromatic rings. The molecule has 0 spiro atoms. The normalized spacial score (nSPS) is 18.0. The first-order valence-electron chi connectivity index (χ1n) is 13.2. The molecule has 5 amide bonds. The van der Waals surface area contributed by atoms with Crippen LogP contribution < -0.4 is 20.7 Å². The third-order valence-corrected chi connectivity index (χ3v) is 6.61. The van der Waals surface area contributed by atoms with Gasteiger partial charge >= 0.3 is 18.2 Å². The summed E-state index contributed by atoms with van der Waals surface area (Å²) in [5.41, 5.74) is -0.0775. The quantitative estimate of drug-likeness (QED) is 0.381. The second-order valence-corrected chi connectivity index (χ2v) is 10.5. The van der Waals surface area contributed by atoms with Crippen LogP contribution in [0, 0.1) is 5.92 Å². The fourth-order valence-corrected chi connectivity index (χ4v) is 4.26. The summed E-state index contributed by atoms with van der Waals surface area (Å²) < 4.78 is 44.8. The highest BCUT2D eigenvalue weighted by molar-refractivity contribution is 5.99. The Morgan fingerprint density at radius 2 is 1.73 bits per heavy atom. The zero-order chi connectivity index (χ0) is 30.5. The lowest BCUT2D eigenvalue weighted by atomic mass is 9.99. The summed E-state index contributed by atoms with van der Waals surface area (Å²) in [6.45, 7) is 7.21. The summed E-state index contributed by atoms with van der Waals surface area (Å²) in [5, 5.41) is 17.8. The van der Waals surface area contributed by atoms with Crippen molar-refractivity contribution in [2.24, 2.45) is 5.92 Å². The second-order valence-electron chi connectivity index (χ2n) is 10.5. The maximum atomic E-state index is 13.5. The molecule has 0 saturated heterocycles. The van der Waals surface area contributed by atoms with E-state index in [-0.39, 0.29) is 54.6 Å². The van der Waals surface area contributed by atoms with E-state index in [9.17, 15) is 32.7 Å². The number of hydrogen-bond donors (Lipinski definition) is 4. The molecule has 0 saturated carbocycles. The van der Waals surface area contributed by atoms with Crippen molar-refractivity contribution in [1.29, 1.82) is 0 Å². The Bertz CT molecular complexity index is 1240. The molecule has 0 aliphatic carbocycles. The minimum Gasteiger partial charge on any atom is -0.487 e. The number of likely N-dealkylation sites (N-methyl/N-ethyl adjacent to an activating group) is 1. The molecule has 224 valence electrons. The van der Waals surface area contributed by atoms with E-state index < -0.39 is 35.9 Å². The number of nitrogens with one attached hydrogen (secondary N) is 3. The predicted octanol–water partition coefficient (Wildman–Crippen LogP) is 4.62. The number of amides is 5. The Balaban J connectivity index is 1.82. The van der Waals surface area contributed by atoms with Crippen molar-refractivity contribution in [3.05, 3.63) is 53.6 Å². The van der Waals surface area contributed by atoms with Crippen molar-refractivity contribution in [2.75, 3.05) is 37.4 Å². The minimum atomic E-state index is -4.48. The highest BCUT2D eigenvalue weighted by Crippen LogP contribution is 2.31. The summed E-state index contributed by atoms with van der Waals surface area (Å²) in [7, 11) is 1.52. The molecule has 13 heteroatoms. The number of halogens is 3. The van der Waals surface area contributed by atoms with Crippen molar-refractivity contribution in [1.82, 2.24) is 15.1 Å². The predicted molar refractivity (Wildman–Crippen MR) is 148 cm³/mol. The van der Waals surface area contributed by atoms with Gasteiger partial charge in [0.2, 0.25) is 0 Å². The SMILES string of the molecule is CC(C)NC(=O)Nc1ccc2c(c1)C(=O)N([C@@H](C)CO)C[C@@H](C)[C@H](CN(C)C(=O)Nc1ccc(C(F)(F)F)cc1)O2. The van der Waals surface area contributed by atoms with Gasteiger partial charge in [0.25, 0.3) is 5.91 Å². The number of hydrogen-bond acceptors (Lipinski definition) is 5. The Kier molecular flexibility index (Phi) is 10.1. The van der Waals surface area contributed by atoms with E-state index in [0.717, 1.165) is 12.1 Å². The highest BCUT2D eigenvalue weighted by Gasteiger charge is 2.34. The van der Waals surface area contributed by atoms with Crippen molar-refractivity contribution in [2.45, 2.75) is 52.1 Å². The van der Waals surface area contributed by atoms with Crippen LogP contribution in [-0.2, 0) is 6.18 Å². The number of aliphatic hydroxyl groups excluding tert-OH is 1. The van der Waals surface area contributed by atoms with Crippen LogP contribution in [0.4, 0.5) is 34.1 Å². The molecule has 0 bridgehead atoms. The summed E-state index contributed by atoms with van der Waals surface area (Å²) in [5.74, 6) is -0.418. The van der Waals surface area contributed by atoms with Crippen LogP contribution in [0.2, 0.25) is 0 Å². The monoisotopic (exact) mass is 579 g/mol. The highest BCUT2D eigenvalue weighted by atomic mass is 19.4. The number of alkyl halides is 3. The zero-order valence-electron chi connectivity index (χ0n) is 23.6. The maximum absolute atomic E-state index is 13.5. The number of benzene rings is 2. The molecule has 0 aromatic heterocycles. The lowest BCUT2D eigenvalue weighted by molar-refractivity contribution is -0.137. The molecule has 0 unspecified atom stereocenters. The number of rotatable bonds is 7. The standard InChI is InChI=1S/C28H36F3N5O5/c1-16(2)32-26(39)33-21-10-11-23-22(12-21)25(38)36(18(4)15-37)13-17(3)24(41-23)14-35(5)27(40)34-20-8-6-19(7-9-20)28(29,30)31/h6-12,16-18,24,37H,13-15H2,1-5H3,(H,34,40)(H2,32,33,39)/t17-,18+,24+/m1/s1. The van der Waals surface area contributed by atoms with E-state index in [0.29, 0.717) is 5.69 Å². The number of ether oxygens (including phenoxy) is 1. The number of nitrogens with zero attached hydrogens (tertiary/aromatic N) is 2. The van der Waals surface area contributed by atoms with Crippen LogP contribution in [0.15, 0.2) is 42.5 Å². The van der Waals surface area contributed by atoms with Crippen molar-refractivity contribution in [3.63, 3.8) is 0 Å². The van der Waals surface area contributed by atoms with Crippen LogP contribution in [0.5, 0.6) is 5.75 Å². The molecule has 1 aliphatic heterocycles. The Labute approximate surface area is 236 Å². The largest absolute Gasteiger partial charge is 0.487 e. The van der Waals surface area contributed by atoms with Crippen molar-refractivity contribution in [3.8, 4) is 5.75 Å². The first kappa shape index (κ1) is 31.5. The van der Waals surface area contributed by atoms with Gasteiger partial charge in [-0.2, -0.15) is 13.2 Å². The summed E-state index contributed by atoms with van der Waals surface area (Å²) in [6, 6.07) is 7.17.